The molecule has 19 heavy (non-hydrogen) atoms. The largest absolute Gasteiger partial charge is 0.493 e. The summed E-state index contributed by atoms with van der Waals surface area (Å²) in [7, 11) is 3.25. The molecule has 0 amide bonds. The van der Waals surface area contributed by atoms with Crippen LogP contribution >= 0.6 is 0 Å². The molecule has 3 N–H and O–H groups in total. The smallest absolute Gasteiger partial charge is 0.162 e. The molecule has 0 aliphatic heterocycles. The zero-order chi connectivity index (χ0) is 14.0. The van der Waals surface area contributed by atoms with E-state index in [4.69, 9.17) is 15.2 Å². The Morgan fingerprint density at radius 1 is 1.21 bits per heavy atom. The summed E-state index contributed by atoms with van der Waals surface area (Å²) in [5, 5.41) is 3.56. The van der Waals surface area contributed by atoms with Gasteiger partial charge in [-0.05, 0) is 18.3 Å². The number of nitrogen functional groups attached to an aromatic ring is 1. The molecule has 0 spiro atoms. The summed E-state index contributed by atoms with van der Waals surface area (Å²) in [6, 6.07) is 4.18. The van der Waals surface area contributed by atoms with Gasteiger partial charge in [-0.3, -0.25) is 0 Å². The second-order valence-electron chi connectivity index (χ2n) is 5.87. The molecule has 1 aliphatic rings. The van der Waals surface area contributed by atoms with Gasteiger partial charge in [-0.2, -0.15) is 0 Å². The second-order valence-corrected chi connectivity index (χ2v) is 5.87. The molecule has 1 aliphatic carbocycles. The molecule has 0 saturated heterocycles. The van der Waals surface area contributed by atoms with E-state index in [0.717, 1.165) is 5.69 Å². The average molecular weight is 264 g/mol. The van der Waals surface area contributed by atoms with Gasteiger partial charge in [0.2, 0.25) is 0 Å². The van der Waals surface area contributed by atoms with E-state index < -0.39 is 0 Å². The first-order chi connectivity index (χ1) is 8.97. The number of anilines is 2. The quantitative estimate of drug-likeness (QED) is 0.819. The minimum atomic E-state index is 0.305. The Balaban J connectivity index is 2.25. The first-order valence-electron chi connectivity index (χ1n) is 6.76. The van der Waals surface area contributed by atoms with Crippen LogP contribution in [0, 0.1) is 5.41 Å². The van der Waals surface area contributed by atoms with Gasteiger partial charge in [0, 0.05) is 18.2 Å². The minimum Gasteiger partial charge on any atom is -0.493 e. The molecule has 1 saturated carbocycles. The molecule has 2 rings (SSSR count). The van der Waals surface area contributed by atoms with Crippen molar-refractivity contribution >= 4 is 11.4 Å². The van der Waals surface area contributed by atoms with E-state index in [0.29, 0.717) is 28.6 Å². The van der Waals surface area contributed by atoms with Gasteiger partial charge in [-0.25, -0.2) is 0 Å². The predicted octanol–water partition coefficient (Wildman–Crippen LogP) is 3.28. The van der Waals surface area contributed by atoms with Gasteiger partial charge in [0.25, 0.3) is 0 Å². The third-order valence-electron chi connectivity index (χ3n) is 4.14. The van der Waals surface area contributed by atoms with Crippen molar-refractivity contribution in [1.82, 2.24) is 0 Å². The zero-order valence-electron chi connectivity index (χ0n) is 12.2. The number of hydrogen-bond donors (Lipinski definition) is 2. The summed E-state index contributed by atoms with van der Waals surface area (Å²) in [6.07, 6.45) is 3.69. The van der Waals surface area contributed by atoms with Gasteiger partial charge >= 0.3 is 0 Å². The molecule has 0 bridgehead atoms. The summed E-state index contributed by atoms with van der Waals surface area (Å²) in [5.41, 5.74) is 8.02. The maximum absolute atomic E-state index is 6.09. The summed E-state index contributed by atoms with van der Waals surface area (Å²) in [4.78, 5) is 0. The number of methoxy groups -OCH3 is 2. The molecule has 0 aromatic heterocycles. The van der Waals surface area contributed by atoms with Crippen molar-refractivity contribution in [2.24, 2.45) is 5.41 Å². The van der Waals surface area contributed by atoms with E-state index in [1.54, 1.807) is 14.2 Å². The average Bonchev–Trinajstić information content (AvgIpc) is 2.70. The second kappa shape index (κ2) is 5.19. The van der Waals surface area contributed by atoms with Crippen LogP contribution in [0.4, 0.5) is 11.4 Å². The van der Waals surface area contributed by atoms with Crippen LogP contribution in [-0.4, -0.2) is 20.3 Å². The van der Waals surface area contributed by atoms with E-state index in [1.807, 2.05) is 12.1 Å². The zero-order valence-corrected chi connectivity index (χ0v) is 12.2. The lowest BCUT2D eigenvalue weighted by atomic mass is 9.87. The van der Waals surface area contributed by atoms with Gasteiger partial charge in [-0.15, -0.1) is 0 Å². The Bertz CT molecular complexity index is 458. The Morgan fingerprint density at radius 3 is 2.37 bits per heavy atom. The van der Waals surface area contributed by atoms with Crippen LogP contribution in [0.5, 0.6) is 11.5 Å². The van der Waals surface area contributed by atoms with E-state index in [-0.39, 0.29) is 0 Å². The fourth-order valence-corrected chi connectivity index (χ4v) is 2.80. The van der Waals surface area contributed by atoms with Crippen LogP contribution in [-0.2, 0) is 0 Å². The van der Waals surface area contributed by atoms with Crippen molar-refractivity contribution in [1.29, 1.82) is 0 Å². The molecule has 4 heteroatoms. The van der Waals surface area contributed by atoms with Crippen molar-refractivity contribution in [3.8, 4) is 11.5 Å². The maximum Gasteiger partial charge on any atom is 0.162 e. The van der Waals surface area contributed by atoms with Gasteiger partial charge < -0.3 is 20.5 Å². The molecule has 1 fully saturated rings. The van der Waals surface area contributed by atoms with Gasteiger partial charge in [0.05, 0.1) is 25.6 Å². The fourth-order valence-electron chi connectivity index (χ4n) is 2.80. The number of hydrogen-bond acceptors (Lipinski definition) is 4. The Hall–Kier alpha value is -1.58. The van der Waals surface area contributed by atoms with Crippen molar-refractivity contribution in [3.05, 3.63) is 12.1 Å². The molecular weight excluding hydrogens is 240 g/mol. The summed E-state index contributed by atoms with van der Waals surface area (Å²) in [6.45, 7) is 4.60. The van der Waals surface area contributed by atoms with Crippen LogP contribution in [0.25, 0.3) is 0 Å². The number of ether oxygens (including phenoxy) is 2. The number of nitrogens with one attached hydrogen (secondary N) is 1. The van der Waals surface area contributed by atoms with Crippen LogP contribution < -0.4 is 20.5 Å². The van der Waals surface area contributed by atoms with Crippen molar-refractivity contribution in [2.45, 2.75) is 39.2 Å². The lowest BCUT2D eigenvalue weighted by Gasteiger charge is -2.29. The lowest BCUT2D eigenvalue weighted by Crippen LogP contribution is -2.31. The summed E-state index contributed by atoms with van der Waals surface area (Å²) in [5.74, 6) is 1.37. The number of nitrogens with two attached hydrogens (primary N) is 1. The molecule has 1 unspecified atom stereocenters. The number of benzene rings is 1. The topological polar surface area (TPSA) is 56.5 Å². The molecule has 0 radical (unpaired) electrons. The Labute approximate surface area is 115 Å². The standard InChI is InChI=1S/C15H24N2O2/c1-15(2)7-5-6-14(15)17-11-9-13(19-4)12(18-3)8-10(11)16/h8-9,14,17H,5-7,16H2,1-4H3. The minimum absolute atomic E-state index is 0.305. The SMILES string of the molecule is COc1cc(N)c(NC2CCCC2(C)C)cc1OC. The van der Waals surface area contributed by atoms with Crippen molar-refractivity contribution < 1.29 is 9.47 Å². The molecule has 1 aromatic rings. The van der Waals surface area contributed by atoms with Crippen LogP contribution in [0.1, 0.15) is 33.1 Å². The van der Waals surface area contributed by atoms with Crippen molar-refractivity contribution in [3.63, 3.8) is 0 Å². The van der Waals surface area contributed by atoms with Crippen LogP contribution in [0.3, 0.4) is 0 Å². The molecular formula is C15H24N2O2. The van der Waals surface area contributed by atoms with E-state index in [9.17, 15) is 0 Å². The summed E-state index contributed by atoms with van der Waals surface area (Å²) < 4.78 is 10.6. The highest BCUT2D eigenvalue weighted by atomic mass is 16.5. The lowest BCUT2D eigenvalue weighted by molar-refractivity contribution is 0.348. The highest BCUT2D eigenvalue weighted by Gasteiger charge is 2.34. The molecule has 106 valence electrons. The Kier molecular flexibility index (Phi) is 3.78. The first-order valence-corrected chi connectivity index (χ1v) is 6.76. The molecule has 0 heterocycles. The highest BCUT2D eigenvalue weighted by Crippen LogP contribution is 2.41. The van der Waals surface area contributed by atoms with Gasteiger partial charge in [0.15, 0.2) is 11.5 Å². The van der Waals surface area contributed by atoms with Crippen LogP contribution in [0.2, 0.25) is 0 Å². The molecule has 4 nitrogen and oxygen atoms in total. The van der Waals surface area contributed by atoms with E-state index >= 15 is 0 Å². The fraction of sp³-hybridized carbons (Fsp3) is 0.600. The number of rotatable bonds is 4. The molecule has 1 aromatic carbocycles. The predicted molar refractivity (Wildman–Crippen MR) is 79.0 cm³/mol. The van der Waals surface area contributed by atoms with Crippen LogP contribution in [0.15, 0.2) is 12.1 Å². The van der Waals surface area contributed by atoms with Crippen molar-refractivity contribution in [2.75, 3.05) is 25.3 Å². The monoisotopic (exact) mass is 264 g/mol. The maximum atomic E-state index is 6.09. The Morgan fingerprint density at radius 2 is 1.84 bits per heavy atom. The van der Waals surface area contributed by atoms with E-state index in [1.165, 1.54) is 19.3 Å². The van der Waals surface area contributed by atoms with Gasteiger partial charge in [-0.1, -0.05) is 20.3 Å². The van der Waals surface area contributed by atoms with E-state index in [2.05, 4.69) is 19.2 Å². The third-order valence-corrected chi connectivity index (χ3v) is 4.14. The third kappa shape index (κ3) is 2.72. The van der Waals surface area contributed by atoms with Gasteiger partial charge in [0.1, 0.15) is 0 Å². The highest BCUT2D eigenvalue weighted by molar-refractivity contribution is 5.72. The summed E-state index contributed by atoms with van der Waals surface area (Å²) >= 11 is 0. The first kappa shape index (κ1) is 13.8. The molecule has 1 atom stereocenters. The normalized spacial score (nSPS) is 21.2.